The molecule has 0 fully saturated rings. The minimum Gasteiger partial charge on any atom is -0.346 e. The number of nitrogens with one attached hydrogen (secondary N) is 1. The number of amides is 1. The zero-order valence-electron chi connectivity index (χ0n) is 11.3. The van der Waals surface area contributed by atoms with E-state index in [2.05, 4.69) is 10.3 Å². The molecule has 0 bridgehead atoms. The maximum Gasteiger partial charge on any atom is 0.253 e. The van der Waals surface area contributed by atoms with Crippen LogP contribution < -0.4 is 11.1 Å². The van der Waals surface area contributed by atoms with Gasteiger partial charge in [0.05, 0.1) is 11.1 Å². The Morgan fingerprint density at radius 1 is 1.37 bits per heavy atom. The summed E-state index contributed by atoms with van der Waals surface area (Å²) in [6, 6.07) is 9.41. The van der Waals surface area contributed by atoms with Crippen molar-refractivity contribution in [1.29, 1.82) is 0 Å². The molecule has 3 N–H and O–H groups in total. The highest BCUT2D eigenvalue weighted by Gasteiger charge is 2.23. The highest BCUT2D eigenvalue weighted by molar-refractivity contribution is 6.05. The molecule has 2 rings (SSSR count). The van der Waals surface area contributed by atoms with Crippen LogP contribution in [0.15, 0.2) is 36.5 Å². The van der Waals surface area contributed by atoms with Gasteiger partial charge in [-0.05, 0) is 25.5 Å². The smallest absolute Gasteiger partial charge is 0.253 e. The number of carbonyl (C=O) groups excluding carboxylic acids is 1. The topological polar surface area (TPSA) is 68.0 Å². The van der Waals surface area contributed by atoms with Gasteiger partial charge in [-0.2, -0.15) is 0 Å². The average Bonchev–Trinajstić information content (AvgIpc) is 2.46. The van der Waals surface area contributed by atoms with Crippen LogP contribution in [0.25, 0.3) is 10.9 Å². The number of aromatic nitrogens is 1. The molecule has 1 aromatic heterocycles. The number of para-hydroxylation sites is 1. The third-order valence-corrected chi connectivity index (χ3v) is 3.52. The fourth-order valence-corrected chi connectivity index (χ4v) is 1.91. The van der Waals surface area contributed by atoms with E-state index >= 15 is 0 Å². The molecule has 1 heterocycles. The monoisotopic (exact) mass is 257 g/mol. The van der Waals surface area contributed by atoms with Gasteiger partial charge in [-0.25, -0.2) is 0 Å². The van der Waals surface area contributed by atoms with E-state index in [0.717, 1.165) is 17.3 Å². The van der Waals surface area contributed by atoms with Gasteiger partial charge in [0.1, 0.15) is 0 Å². The lowest BCUT2D eigenvalue weighted by atomic mass is 9.98. The Morgan fingerprint density at radius 2 is 2.11 bits per heavy atom. The van der Waals surface area contributed by atoms with E-state index in [1.165, 1.54) is 0 Å². The molecular weight excluding hydrogens is 238 g/mol. The zero-order valence-corrected chi connectivity index (χ0v) is 11.3. The number of rotatable bonds is 4. The molecule has 19 heavy (non-hydrogen) atoms. The maximum atomic E-state index is 12.4. The Labute approximate surface area is 113 Å². The van der Waals surface area contributed by atoms with Crippen LogP contribution in [0.2, 0.25) is 0 Å². The Kier molecular flexibility index (Phi) is 3.81. The van der Waals surface area contributed by atoms with Gasteiger partial charge in [0, 0.05) is 23.7 Å². The lowest BCUT2D eigenvalue weighted by molar-refractivity contribution is 0.0908. The van der Waals surface area contributed by atoms with Crippen LogP contribution in [-0.2, 0) is 0 Å². The Bertz CT molecular complexity index is 585. The predicted molar refractivity (Wildman–Crippen MR) is 77.0 cm³/mol. The first kappa shape index (κ1) is 13.5. The number of hydrogen-bond donors (Lipinski definition) is 2. The summed E-state index contributed by atoms with van der Waals surface area (Å²) in [5.74, 6) is -0.126. The maximum absolute atomic E-state index is 12.4. The lowest BCUT2D eigenvalue weighted by Gasteiger charge is -2.28. The van der Waals surface area contributed by atoms with Crippen molar-refractivity contribution in [2.45, 2.75) is 25.8 Å². The molecule has 1 atom stereocenters. The first-order valence-electron chi connectivity index (χ1n) is 6.46. The first-order chi connectivity index (χ1) is 9.09. The number of benzene rings is 1. The SMILES string of the molecule is CCC(C)(CN)NC(=O)c1cccc2cccnc12. The summed E-state index contributed by atoms with van der Waals surface area (Å²) in [7, 11) is 0. The molecule has 100 valence electrons. The molecule has 4 nitrogen and oxygen atoms in total. The van der Waals surface area contributed by atoms with Crippen LogP contribution in [0.3, 0.4) is 0 Å². The van der Waals surface area contributed by atoms with Crippen molar-refractivity contribution in [2.24, 2.45) is 5.73 Å². The van der Waals surface area contributed by atoms with Crippen LogP contribution in [0.5, 0.6) is 0 Å². The average molecular weight is 257 g/mol. The summed E-state index contributed by atoms with van der Waals surface area (Å²) in [5, 5.41) is 3.96. The largest absolute Gasteiger partial charge is 0.346 e. The minimum atomic E-state index is -0.381. The number of hydrogen-bond acceptors (Lipinski definition) is 3. The Morgan fingerprint density at radius 3 is 2.79 bits per heavy atom. The number of fused-ring (bicyclic) bond motifs is 1. The summed E-state index contributed by atoms with van der Waals surface area (Å²) in [6.45, 7) is 4.37. The highest BCUT2D eigenvalue weighted by Crippen LogP contribution is 2.17. The summed E-state index contributed by atoms with van der Waals surface area (Å²) in [6.07, 6.45) is 2.48. The molecule has 1 unspecified atom stereocenters. The van der Waals surface area contributed by atoms with Crippen molar-refractivity contribution in [3.05, 3.63) is 42.1 Å². The summed E-state index contributed by atoms with van der Waals surface area (Å²) in [5.41, 5.74) is 6.65. The molecule has 0 saturated carbocycles. The number of pyridine rings is 1. The second-order valence-corrected chi connectivity index (χ2v) is 4.95. The van der Waals surface area contributed by atoms with Gasteiger partial charge in [0.2, 0.25) is 0 Å². The number of nitrogens with two attached hydrogens (primary N) is 1. The van der Waals surface area contributed by atoms with Crippen LogP contribution in [-0.4, -0.2) is 23.0 Å². The van der Waals surface area contributed by atoms with E-state index in [1.54, 1.807) is 12.3 Å². The van der Waals surface area contributed by atoms with Crippen molar-refractivity contribution < 1.29 is 4.79 Å². The Balaban J connectivity index is 2.37. The molecule has 4 heteroatoms. The first-order valence-corrected chi connectivity index (χ1v) is 6.46. The van der Waals surface area contributed by atoms with Gasteiger partial charge in [0.15, 0.2) is 0 Å². The predicted octanol–water partition coefficient (Wildman–Crippen LogP) is 2.09. The molecule has 2 aromatic rings. The van der Waals surface area contributed by atoms with Crippen LogP contribution in [0.1, 0.15) is 30.6 Å². The molecule has 0 spiro atoms. The van der Waals surface area contributed by atoms with Crippen LogP contribution in [0.4, 0.5) is 0 Å². The number of carbonyl (C=O) groups is 1. The van der Waals surface area contributed by atoms with E-state index in [4.69, 9.17) is 5.73 Å². The molecule has 1 amide bonds. The Hall–Kier alpha value is -1.94. The molecular formula is C15H19N3O. The highest BCUT2D eigenvalue weighted by atomic mass is 16.1. The molecule has 0 radical (unpaired) electrons. The zero-order chi connectivity index (χ0) is 13.9. The third-order valence-electron chi connectivity index (χ3n) is 3.52. The van der Waals surface area contributed by atoms with Gasteiger partial charge < -0.3 is 11.1 Å². The van der Waals surface area contributed by atoms with Crippen molar-refractivity contribution in [3.8, 4) is 0 Å². The minimum absolute atomic E-state index is 0.126. The summed E-state index contributed by atoms with van der Waals surface area (Å²) < 4.78 is 0. The van der Waals surface area contributed by atoms with E-state index < -0.39 is 0 Å². The van der Waals surface area contributed by atoms with Crippen LogP contribution in [0, 0.1) is 0 Å². The van der Waals surface area contributed by atoms with Gasteiger partial charge in [-0.1, -0.05) is 25.1 Å². The van der Waals surface area contributed by atoms with E-state index in [0.29, 0.717) is 12.1 Å². The standard InChI is InChI=1S/C15H19N3O/c1-3-15(2,10-16)18-14(19)12-8-4-6-11-7-5-9-17-13(11)12/h4-9H,3,10,16H2,1-2H3,(H,18,19). The fourth-order valence-electron chi connectivity index (χ4n) is 1.91. The summed E-state index contributed by atoms with van der Waals surface area (Å²) in [4.78, 5) is 16.7. The lowest BCUT2D eigenvalue weighted by Crippen LogP contribution is -2.50. The normalized spacial score (nSPS) is 14.1. The van der Waals surface area contributed by atoms with Crippen molar-refractivity contribution in [3.63, 3.8) is 0 Å². The second-order valence-electron chi connectivity index (χ2n) is 4.95. The van der Waals surface area contributed by atoms with Crippen LogP contribution >= 0.6 is 0 Å². The molecule has 0 aliphatic rings. The second kappa shape index (κ2) is 5.36. The fraction of sp³-hybridized carbons (Fsp3) is 0.333. The van der Waals surface area contributed by atoms with Gasteiger partial charge in [-0.3, -0.25) is 9.78 Å². The van der Waals surface area contributed by atoms with E-state index in [1.807, 2.05) is 38.1 Å². The quantitative estimate of drug-likeness (QED) is 0.881. The van der Waals surface area contributed by atoms with E-state index in [9.17, 15) is 4.79 Å². The molecule has 0 aliphatic carbocycles. The molecule has 1 aromatic carbocycles. The number of nitrogens with zero attached hydrogens (tertiary/aromatic N) is 1. The van der Waals surface area contributed by atoms with Crippen molar-refractivity contribution in [2.75, 3.05) is 6.54 Å². The molecule has 0 aliphatic heterocycles. The third kappa shape index (κ3) is 2.74. The van der Waals surface area contributed by atoms with Crippen molar-refractivity contribution in [1.82, 2.24) is 10.3 Å². The van der Waals surface area contributed by atoms with Gasteiger partial charge >= 0.3 is 0 Å². The van der Waals surface area contributed by atoms with Crippen molar-refractivity contribution >= 4 is 16.8 Å². The molecule has 0 saturated heterocycles. The van der Waals surface area contributed by atoms with E-state index in [-0.39, 0.29) is 11.4 Å². The summed E-state index contributed by atoms with van der Waals surface area (Å²) >= 11 is 0. The van der Waals surface area contributed by atoms with Gasteiger partial charge in [-0.15, -0.1) is 0 Å². The van der Waals surface area contributed by atoms with Gasteiger partial charge in [0.25, 0.3) is 5.91 Å².